The van der Waals surface area contributed by atoms with E-state index >= 15 is 0 Å². The van der Waals surface area contributed by atoms with Gasteiger partial charge in [0.2, 0.25) is 5.91 Å². The van der Waals surface area contributed by atoms with Crippen molar-refractivity contribution in [2.24, 2.45) is 0 Å². The highest BCUT2D eigenvalue weighted by Crippen LogP contribution is 2.38. The number of carbonyl (C=O) groups is 1. The molecular formula is C21H22ClN3O3S. The minimum absolute atomic E-state index is 0.120. The number of hydrogen-bond acceptors (Lipinski definition) is 6. The van der Waals surface area contributed by atoms with E-state index in [0.717, 1.165) is 39.9 Å². The van der Waals surface area contributed by atoms with Crippen molar-refractivity contribution in [3.05, 3.63) is 47.5 Å². The zero-order valence-electron chi connectivity index (χ0n) is 16.1. The van der Waals surface area contributed by atoms with E-state index in [2.05, 4.69) is 4.90 Å². The highest BCUT2D eigenvalue weighted by molar-refractivity contribution is 7.22. The van der Waals surface area contributed by atoms with Gasteiger partial charge in [0.15, 0.2) is 5.13 Å². The van der Waals surface area contributed by atoms with E-state index in [-0.39, 0.29) is 5.91 Å². The van der Waals surface area contributed by atoms with Crippen LogP contribution in [0.1, 0.15) is 6.42 Å². The van der Waals surface area contributed by atoms with E-state index < -0.39 is 0 Å². The first-order valence-electron chi connectivity index (χ1n) is 9.49. The molecule has 2 heterocycles. The van der Waals surface area contributed by atoms with Crippen molar-refractivity contribution >= 4 is 44.2 Å². The number of carbonyl (C=O) groups excluding carboxylic acids is 1. The fourth-order valence-electron chi connectivity index (χ4n) is 3.32. The highest BCUT2D eigenvalue weighted by Gasteiger charge is 2.24. The average molecular weight is 432 g/mol. The molecule has 1 aliphatic heterocycles. The van der Waals surface area contributed by atoms with Crippen molar-refractivity contribution in [3.8, 4) is 11.5 Å². The molecule has 0 radical (unpaired) electrons. The van der Waals surface area contributed by atoms with Crippen LogP contribution in [-0.4, -0.2) is 55.7 Å². The fourth-order valence-corrected chi connectivity index (χ4v) is 4.63. The quantitative estimate of drug-likeness (QED) is 0.588. The number of methoxy groups -OCH3 is 1. The van der Waals surface area contributed by atoms with Gasteiger partial charge in [-0.3, -0.25) is 4.79 Å². The first kappa shape index (κ1) is 19.8. The summed E-state index contributed by atoms with van der Waals surface area (Å²) >= 11 is 7.89. The zero-order valence-corrected chi connectivity index (χ0v) is 17.7. The number of benzene rings is 2. The van der Waals surface area contributed by atoms with Gasteiger partial charge in [-0.2, -0.15) is 0 Å². The smallest absolute Gasteiger partial charge is 0.226 e. The molecule has 4 rings (SSSR count). The first-order valence-corrected chi connectivity index (χ1v) is 10.7. The highest BCUT2D eigenvalue weighted by atomic mass is 35.5. The van der Waals surface area contributed by atoms with Crippen molar-refractivity contribution in [2.45, 2.75) is 6.42 Å². The Balaban J connectivity index is 1.33. The predicted molar refractivity (Wildman–Crippen MR) is 117 cm³/mol. The number of piperazine rings is 1. The molecule has 0 atom stereocenters. The maximum Gasteiger partial charge on any atom is 0.226 e. The number of halogens is 1. The number of para-hydroxylation sites is 1. The summed E-state index contributed by atoms with van der Waals surface area (Å²) in [7, 11) is 1.63. The van der Waals surface area contributed by atoms with Crippen LogP contribution in [0.25, 0.3) is 10.2 Å². The van der Waals surface area contributed by atoms with Crippen LogP contribution in [-0.2, 0) is 4.79 Å². The molecule has 0 unspecified atom stereocenters. The van der Waals surface area contributed by atoms with Crippen molar-refractivity contribution in [2.75, 3.05) is 44.8 Å². The van der Waals surface area contributed by atoms with Gasteiger partial charge in [0.05, 0.1) is 29.9 Å². The molecular weight excluding hydrogens is 410 g/mol. The predicted octanol–water partition coefficient (Wildman–Crippen LogP) is 4.08. The van der Waals surface area contributed by atoms with Crippen LogP contribution in [0, 0.1) is 0 Å². The normalized spacial score (nSPS) is 14.3. The summed E-state index contributed by atoms with van der Waals surface area (Å²) in [6, 6.07) is 13.2. The Kier molecular flexibility index (Phi) is 6.06. The molecule has 8 heteroatoms. The van der Waals surface area contributed by atoms with Crippen molar-refractivity contribution in [1.29, 1.82) is 0 Å². The Morgan fingerprint density at radius 3 is 2.62 bits per heavy atom. The lowest BCUT2D eigenvalue weighted by Gasteiger charge is -2.34. The molecule has 1 fully saturated rings. The monoisotopic (exact) mass is 431 g/mol. The molecule has 1 amide bonds. The van der Waals surface area contributed by atoms with Gasteiger partial charge >= 0.3 is 0 Å². The number of aromatic nitrogens is 1. The summed E-state index contributed by atoms with van der Waals surface area (Å²) in [6.45, 7) is 3.21. The summed E-state index contributed by atoms with van der Waals surface area (Å²) in [5.41, 5.74) is 0.788. The average Bonchev–Trinajstić information content (AvgIpc) is 3.21. The first-order chi connectivity index (χ1) is 14.2. The van der Waals surface area contributed by atoms with Crippen molar-refractivity contribution < 1.29 is 14.3 Å². The number of fused-ring (bicyclic) bond motifs is 1. The lowest BCUT2D eigenvalue weighted by molar-refractivity contribution is -0.132. The van der Waals surface area contributed by atoms with Gasteiger partial charge in [0.25, 0.3) is 0 Å². The van der Waals surface area contributed by atoms with Crippen LogP contribution >= 0.6 is 22.9 Å². The molecule has 1 aliphatic rings. The minimum atomic E-state index is 0.120. The molecule has 29 heavy (non-hydrogen) atoms. The van der Waals surface area contributed by atoms with Gasteiger partial charge in [-0.05, 0) is 24.3 Å². The number of amides is 1. The van der Waals surface area contributed by atoms with Crippen LogP contribution in [0.3, 0.4) is 0 Å². The van der Waals surface area contributed by atoms with Gasteiger partial charge in [0, 0.05) is 26.2 Å². The van der Waals surface area contributed by atoms with Crippen LogP contribution in [0.4, 0.5) is 5.13 Å². The minimum Gasteiger partial charge on any atom is -0.494 e. The zero-order chi connectivity index (χ0) is 20.2. The summed E-state index contributed by atoms with van der Waals surface area (Å²) in [5, 5.41) is 1.59. The standard InChI is InChI=1S/C21H22ClN3O3S/c1-27-17-8-7-16(22)20-19(17)23-21(29-20)25-12-10-24(11-13-25)18(26)9-14-28-15-5-3-2-4-6-15/h2-8H,9-14H2,1H3. The second kappa shape index (κ2) is 8.88. The Labute approximate surface area is 178 Å². The molecule has 0 aliphatic carbocycles. The van der Waals surface area contributed by atoms with Gasteiger partial charge in [-0.15, -0.1) is 0 Å². The van der Waals surface area contributed by atoms with Gasteiger partial charge in [-0.25, -0.2) is 4.98 Å². The van der Waals surface area contributed by atoms with E-state index in [9.17, 15) is 4.79 Å². The Hall–Kier alpha value is -2.51. The Bertz CT molecular complexity index is 988. The molecule has 0 saturated carbocycles. The molecule has 0 bridgehead atoms. The molecule has 1 saturated heterocycles. The second-order valence-corrected chi connectivity index (χ2v) is 8.09. The van der Waals surface area contributed by atoms with E-state index in [1.807, 2.05) is 47.4 Å². The van der Waals surface area contributed by atoms with E-state index in [1.165, 1.54) is 0 Å². The van der Waals surface area contributed by atoms with Crippen molar-refractivity contribution in [1.82, 2.24) is 9.88 Å². The third-order valence-electron chi connectivity index (χ3n) is 4.90. The van der Waals surface area contributed by atoms with Gasteiger partial charge in [0.1, 0.15) is 17.0 Å². The van der Waals surface area contributed by atoms with Gasteiger partial charge in [-0.1, -0.05) is 41.1 Å². The van der Waals surface area contributed by atoms with E-state index in [4.69, 9.17) is 26.1 Å². The third kappa shape index (κ3) is 4.41. The summed E-state index contributed by atoms with van der Waals surface area (Å²) < 4.78 is 12.0. The largest absolute Gasteiger partial charge is 0.494 e. The molecule has 3 aromatic rings. The number of rotatable bonds is 6. The second-order valence-electron chi connectivity index (χ2n) is 6.70. The number of hydrogen-bond donors (Lipinski definition) is 0. The molecule has 0 spiro atoms. The van der Waals surface area contributed by atoms with Crippen molar-refractivity contribution in [3.63, 3.8) is 0 Å². The topological polar surface area (TPSA) is 54.9 Å². The van der Waals surface area contributed by atoms with Crippen LogP contribution in [0.2, 0.25) is 5.02 Å². The Morgan fingerprint density at radius 1 is 1.14 bits per heavy atom. The lowest BCUT2D eigenvalue weighted by Crippen LogP contribution is -2.49. The molecule has 0 N–H and O–H groups in total. The van der Waals surface area contributed by atoms with E-state index in [1.54, 1.807) is 18.4 Å². The van der Waals surface area contributed by atoms with Crippen LogP contribution < -0.4 is 14.4 Å². The number of ether oxygens (including phenoxy) is 2. The number of thiazole rings is 1. The van der Waals surface area contributed by atoms with Crippen LogP contribution in [0.15, 0.2) is 42.5 Å². The van der Waals surface area contributed by atoms with E-state index in [0.29, 0.717) is 31.1 Å². The SMILES string of the molecule is COc1ccc(Cl)c2sc(N3CCN(C(=O)CCOc4ccccc4)CC3)nc12. The number of anilines is 1. The van der Waals surface area contributed by atoms with Crippen LogP contribution in [0.5, 0.6) is 11.5 Å². The summed E-state index contributed by atoms with van der Waals surface area (Å²) in [5.74, 6) is 1.63. The maximum atomic E-state index is 12.5. The summed E-state index contributed by atoms with van der Waals surface area (Å²) in [4.78, 5) is 21.3. The molecule has 2 aromatic carbocycles. The molecule has 6 nitrogen and oxygen atoms in total. The number of nitrogens with zero attached hydrogens (tertiary/aromatic N) is 3. The molecule has 152 valence electrons. The fraction of sp³-hybridized carbons (Fsp3) is 0.333. The Morgan fingerprint density at radius 2 is 1.90 bits per heavy atom. The molecule has 1 aromatic heterocycles. The maximum absolute atomic E-state index is 12.5. The lowest BCUT2D eigenvalue weighted by atomic mass is 10.3. The third-order valence-corrected chi connectivity index (χ3v) is 6.47. The summed E-state index contributed by atoms with van der Waals surface area (Å²) in [6.07, 6.45) is 0.378. The van der Waals surface area contributed by atoms with Gasteiger partial charge < -0.3 is 19.3 Å².